The fraction of sp³-hybridized carbons (Fsp3) is 0.857. The summed E-state index contributed by atoms with van der Waals surface area (Å²) in [7, 11) is 1.76. The van der Waals surface area contributed by atoms with Gasteiger partial charge in [0.05, 0.1) is 6.54 Å². The Labute approximate surface area is 206 Å². The molecule has 0 amide bonds. The number of alkyl halides is 3. The van der Waals surface area contributed by atoms with Crippen LogP contribution in [0.25, 0.3) is 0 Å². The molecule has 0 aliphatic carbocycles. The first-order valence-corrected chi connectivity index (χ1v) is 11.5. The van der Waals surface area contributed by atoms with Gasteiger partial charge < -0.3 is 14.8 Å². The number of aryl methyl sites for hydroxylation is 2. The van der Waals surface area contributed by atoms with E-state index in [4.69, 9.17) is 0 Å². The second-order valence-electron chi connectivity index (χ2n) is 8.62. The minimum absolute atomic E-state index is 0. The molecule has 3 heterocycles. The molecule has 2 aliphatic heterocycles. The lowest BCUT2D eigenvalue weighted by Gasteiger charge is -2.26. The maximum absolute atomic E-state index is 12.7. The van der Waals surface area contributed by atoms with Gasteiger partial charge in [-0.1, -0.05) is 13.3 Å². The molecule has 1 unspecified atom stereocenters. The first kappa shape index (κ1) is 27.1. The minimum atomic E-state index is -4.14. The Balaban J connectivity index is 0.00000363. The SMILES string of the molecule is CCN(CC1CCN(C(=NC)NCCCc2nnc3n2CCCCC3)C1)CC(F)(F)F.I. The van der Waals surface area contributed by atoms with E-state index in [0.29, 0.717) is 13.1 Å². The fourth-order valence-corrected chi connectivity index (χ4v) is 4.61. The molecule has 1 fully saturated rings. The topological polar surface area (TPSA) is 61.6 Å². The maximum atomic E-state index is 12.7. The molecular formula is C21H37F3IN7. The second-order valence-corrected chi connectivity index (χ2v) is 8.62. The first-order chi connectivity index (χ1) is 14.9. The van der Waals surface area contributed by atoms with Crippen LogP contribution in [0.3, 0.4) is 0 Å². The smallest absolute Gasteiger partial charge is 0.356 e. The Morgan fingerprint density at radius 3 is 2.75 bits per heavy atom. The summed E-state index contributed by atoms with van der Waals surface area (Å²) in [5, 5.41) is 12.2. The molecule has 1 N–H and O–H groups in total. The van der Waals surface area contributed by atoms with Gasteiger partial charge in [-0.05, 0) is 38.1 Å². The number of aromatic nitrogens is 3. The van der Waals surface area contributed by atoms with Crippen LogP contribution < -0.4 is 5.32 Å². The van der Waals surface area contributed by atoms with Crippen LogP contribution in [0.5, 0.6) is 0 Å². The van der Waals surface area contributed by atoms with Crippen LogP contribution in [-0.2, 0) is 19.4 Å². The van der Waals surface area contributed by atoms with E-state index in [0.717, 1.165) is 69.5 Å². The fourth-order valence-electron chi connectivity index (χ4n) is 4.61. The molecule has 0 bridgehead atoms. The van der Waals surface area contributed by atoms with Crippen LogP contribution >= 0.6 is 24.0 Å². The van der Waals surface area contributed by atoms with E-state index < -0.39 is 12.7 Å². The van der Waals surface area contributed by atoms with Crippen molar-refractivity contribution in [3.8, 4) is 0 Å². The molecule has 1 saturated heterocycles. The van der Waals surface area contributed by atoms with Crippen molar-refractivity contribution >= 4 is 29.9 Å². The summed E-state index contributed by atoms with van der Waals surface area (Å²) in [4.78, 5) is 8.04. The lowest BCUT2D eigenvalue weighted by Crippen LogP contribution is -2.42. The molecule has 184 valence electrons. The van der Waals surface area contributed by atoms with Crippen LogP contribution in [0.15, 0.2) is 4.99 Å². The largest absolute Gasteiger partial charge is 0.401 e. The standard InChI is InChI=1S/C21H36F3N7.HI/c1-3-29(16-21(22,23)24)14-17-10-13-30(15-17)20(25-2)26-11-7-9-19-28-27-18-8-5-4-6-12-31(18)19;/h17H,3-16H2,1-2H3,(H,25,26);1H. The number of likely N-dealkylation sites (tertiary alicyclic amines) is 1. The molecule has 0 spiro atoms. The molecule has 1 aromatic rings. The summed E-state index contributed by atoms with van der Waals surface area (Å²) in [6.07, 6.45) is 3.22. The normalized spacial score (nSPS) is 19.6. The summed E-state index contributed by atoms with van der Waals surface area (Å²) < 4.78 is 40.5. The van der Waals surface area contributed by atoms with E-state index in [1.54, 1.807) is 14.0 Å². The van der Waals surface area contributed by atoms with Gasteiger partial charge >= 0.3 is 6.18 Å². The molecule has 1 atom stereocenters. The molecule has 2 aliphatic rings. The van der Waals surface area contributed by atoms with E-state index in [-0.39, 0.29) is 29.9 Å². The predicted octanol–water partition coefficient (Wildman–Crippen LogP) is 3.34. The number of guanidine groups is 1. The number of nitrogens with one attached hydrogen (secondary N) is 1. The van der Waals surface area contributed by atoms with Crippen LogP contribution in [0.1, 0.15) is 50.7 Å². The van der Waals surface area contributed by atoms with Crippen LogP contribution in [0, 0.1) is 5.92 Å². The van der Waals surface area contributed by atoms with E-state index in [2.05, 4.69) is 30.0 Å². The Morgan fingerprint density at radius 1 is 1.22 bits per heavy atom. The van der Waals surface area contributed by atoms with Crippen LogP contribution in [-0.4, -0.2) is 83.0 Å². The Kier molecular flexibility index (Phi) is 11.0. The quantitative estimate of drug-likeness (QED) is 0.225. The Morgan fingerprint density at radius 2 is 2.03 bits per heavy atom. The number of hydrogen-bond acceptors (Lipinski definition) is 4. The maximum Gasteiger partial charge on any atom is 0.401 e. The average molecular weight is 571 g/mol. The molecule has 3 rings (SSSR count). The summed E-state index contributed by atoms with van der Waals surface area (Å²) in [6, 6.07) is 0. The number of rotatable bonds is 8. The first-order valence-electron chi connectivity index (χ1n) is 11.5. The van der Waals surface area contributed by atoms with Crippen molar-refractivity contribution in [2.45, 2.75) is 64.6 Å². The number of nitrogens with zero attached hydrogens (tertiary/aromatic N) is 6. The summed E-state index contributed by atoms with van der Waals surface area (Å²) >= 11 is 0. The number of fused-ring (bicyclic) bond motifs is 1. The zero-order chi connectivity index (χ0) is 22.3. The highest BCUT2D eigenvalue weighted by atomic mass is 127. The van der Waals surface area contributed by atoms with E-state index in [9.17, 15) is 13.2 Å². The predicted molar refractivity (Wildman–Crippen MR) is 131 cm³/mol. The number of aliphatic imine (C=N–C) groups is 1. The van der Waals surface area contributed by atoms with Gasteiger partial charge in [-0.2, -0.15) is 13.2 Å². The van der Waals surface area contributed by atoms with Crippen LogP contribution in [0.2, 0.25) is 0 Å². The van der Waals surface area contributed by atoms with Crippen molar-refractivity contribution in [1.82, 2.24) is 29.9 Å². The van der Waals surface area contributed by atoms with E-state index in [1.165, 1.54) is 24.2 Å². The highest BCUT2D eigenvalue weighted by Crippen LogP contribution is 2.21. The van der Waals surface area contributed by atoms with Gasteiger partial charge in [0, 0.05) is 52.6 Å². The monoisotopic (exact) mass is 571 g/mol. The average Bonchev–Trinajstić information content (AvgIpc) is 3.26. The van der Waals surface area contributed by atoms with Crippen molar-refractivity contribution in [3.63, 3.8) is 0 Å². The van der Waals surface area contributed by atoms with Gasteiger partial charge in [0.1, 0.15) is 11.6 Å². The van der Waals surface area contributed by atoms with Gasteiger partial charge in [0.25, 0.3) is 0 Å². The third-order valence-corrected chi connectivity index (χ3v) is 6.21. The van der Waals surface area contributed by atoms with Gasteiger partial charge in [-0.25, -0.2) is 0 Å². The third-order valence-electron chi connectivity index (χ3n) is 6.21. The lowest BCUT2D eigenvalue weighted by molar-refractivity contribution is -0.146. The molecule has 0 saturated carbocycles. The Hall–Kier alpha value is -1.11. The number of halogens is 4. The number of hydrogen-bond donors (Lipinski definition) is 1. The zero-order valence-corrected chi connectivity index (χ0v) is 21.5. The molecule has 0 radical (unpaired) electrons. The molecule has 32 heavy (non-hydrogen) atoms. The van der Waals surface area contributed by atoms with Gasteiger partial charge in [-0.3, -0.25) is 9.89 Å². The van der Waals surface area contributed by atoms with E-state index in [1.807, 2.05) is 0 Å². The van der Waals surface area contributed by atoms with Crippen molar-refractivity contribution < 1.29 is 13.2 Å². The molecule has 0 aromatic carbocycles. The minimum Gasteiger partial charge on any atom is -0.356 e. The van der Waals surface area contributed by atoms with Crippen molar-refractivity contribution in [2.24, 2.45) is 10.9 Å². The highest BCUT2D eigenvalue weighted by molar-refractivity contribution is 14.0. The highest BCUT2D eigenvalue weighted by Gasteiger charge is 2.33. The molecule has 1 aromatic heterocycles. The van der Waals surface area contributed by atoms with Crippen molar-refractivity contribution in [2.75, 3.05) is 46.3 Å². The van der Waals surface area contributed by atoms with Crippen molar-refractivity contribution in [3.05, 3.63) is 11.6 Å². The van der Waals surface area contributed by atoms with Crippen molar-refractivity contribution in [1.29, 1.82) is 0 Å². The third kappa shape index (κ3) is 8.03. The van der Waals surface area contributed by atoms with Gasteiger partial charge in [-0.15, -0.1) is 34.2 Å². The lowest BCUT2D eigenvalue weighted by atomic mass is 10.1. The summed E-state index contributed by atoms with van der Waals surface area (Å²) in [5.74, 6) is 3.25. The summed E-state index contributed by atoms with van der Waals surface area (Å²) in [5.41, 5.74) is 0. The van der Waals surface area contributed by atoms with Crippen LogP contribution in [0.4, 0.5) is 13.2 Å². The van der Waals surface area contributed by atoms with Gasteiger partial charge in [0.2, 0.25) is 0 Å². The molecule has 7 nitrogen and oxygen atoms in total. The Bertz CT molecular complexity index is 723. The summed E-state index contributed by atoms with van der Waals surface area (Å²) in [6.45, 7) is 5.21. The van der Waals surface area contributed by atoms with Gasteiger partial charge in [0.15, 0.2) is 5.96 Å². The second kappa shape index (κ2) is 13.0. The molecule has 11 heteroatoms. The zero-order valence-electron chi connectivity index (χ0n) is 19.2. The van der Waals surface area contributed by atoms with E-state index >= 15 is 0 Å². The molecular weight excluding hydrogens is 534 g/mol.